The molecule has 10 aromatic rings. The largest absolute Gasteiger partial charge is 0.453 e. The molecule has 0 saturated carbocycles. The minimum atomic E-state index is -0.201. The van der Waals surface area contributed by atoms with E-state index in [-0.39, 0.29) is 28.5 Å². The van der Waals surface area contributed by atoms with Crippen LogP contribution in [-0.4, -0.2) is 11.4 Å². The van der Waals surface area contributed by atoms with E-state index >= 15 is 0 Å². The molecule has 0 bridgehead atoms. The Morgan fingerprint density at radius 2 is 1.12 bits per heavy atom. The summed E-state index contributed by atoms with van der Waals surface area (Å²) in [5.41, 5.74) is 25.5. The minimum Gasteiger partial charge on any atom is -0.453 e. The van der Waals surface area contributed by atoms with Crippen LogP contribution in [0.4, 0.5) is 28.4 Å². The Labute approximate surface area is 437 Å². The van der Waals surface area contributed by atoms with Gasteiger partial charge in [-0.15, -0.1) is 0 Å². The smallest absolute Gasteiger partial charge is 0.333 e. The summed E-state index contributed by atoms with van der Waals surface area (Å²) in [6.45, 7) is 25.4. The van der Waals surface area contributed by atoms with Crippen LogP contribution in [0.2, 0.25) is 0 Å². The summed E-state index contributed by atoms with van der Waals surface area (Å²) in [4.78, 5) is 5.32. The van der Waals surface area contributed by atoms with Crippen molar-refractivity contribution >= 4 is 68.0 Å². The highest BCUT2D eigenvalue weighted by molar-refractivity contribution is 6.94. The van der Waals surface area contributed by atoms with E-state index in [2.05, 4.69) is 266 Å². The first kappa shape index (κ1) is 44.9. The van der Waals surface area contributed by atoms with Crippen molar-refractivity contribution in [3.8, 4) is 50.6 Å². The zero-order valence-electron chi connectivity index (χ0n) is 44.6. The van der Waals surface area contributed by atoms with Gasteiger partial charge < -0.3 is 19.0 Å². The van der Waals surface area contributed by atoms with Gasteiger partial charge in [0.1, 0.15) is 5.75 Å². The third-order valence-electron chi connectivity index (χ3n) is 17.0. The maximum Gasteiger partial charge on any atom is 0.333 e. The van der Waals surface area contributed by atoms with E-state index in [1.165, 1.54) is 105 Å². The summed E-state index contributed by atoms with van der Waals surface area (Å²) in [5.74, 6) is 1.81. The van der Waals surface area contributed by atoms with Crippen molar-refractivity contribution in [2.24, 2.45) is 0 Å². The molecule has 0 N–H and O–H groups in total. The zero-order chi connectivity index (χ0) is 51.0. The molecule has 14 rings (SSSR count). The molecule has 3 aliphatic heterocycles. The van der Waals surface area contributed by atoms with Crippen LogP contribution in [0.15, 0.2) is 176 Å². The Bertz CT molecular complexity index is 4030. The number of nitrogens with zero attached hydrogens (tertiary/aromatic N) is 3. The molecule has 0 spiro atoms. The lowest BCUT2D eigenvalue weighted by atomic mass is 9.42. The minimum absolute atomic E-state index is 0.00363. The highest BCUT2D eigenvalue weighted by Gasteiger charge is 2.51. The standard InChI is InChI=1S/C69H62BN3O/c1-66(2,3)43-26-29-47(30-27-43)72-59-37-42(41-25-31-49-48-21-16-18-24-56(48)71(58(49)36-41)46-19-13-12-14-20-46)35-51-52-38-45(68(7,8)9)40-61-64(52)73(57-34-28-44(67(4,5)6)39-60(57)74-61)70(63(51)59)55-33-32-54-62(65(55)72)50-22-15-17-23-53(50)69(54,10)11/h12-40H,1-11H3. The number of anilines is 5. The molecule has 0 fully saturated rings. The number of rotatable bonds is 3. The van der Waals surface area contributed by atoms with Gasteiger partial charge in [0, 0.05) is 44.4 Å². The predicted octanol–water partition coefficient (Wildman–Crippen LogP) is 17.5. The SMILES string of the molecule is CC(C)(C)c1ccc(N2c3cc(-c4ccc5c6ccccc6n(-c6ccccc6)c5c4)cc4c3B(c3ccc5c(c32)-c2ccccc2C5(C)C)N2c3ccc(C(C)(C)C)cc3Oc3cc(C(C)(C)C)cc-4c32)cc1. The first-order valence-electron chi connectivity index (χ1n) is 26.6. The summed E-state index contributed by atoms with van der Waals surface area (Å²) in [6, 6.07) is 67.2. The summed E-state index contributed by atoms with van der Waals surface area (Å²) in [6.07, 6.45) is 0. The Morgan fingerprint density at radius 3 is 1.88 bits per heavy atom. The highest BCUT2D eigenvalue weighted by atomic mass is 16.5. The summed E-state index contributed by atoms with van der Waals surface area (Å²) >= 11 is 0. The van der Waals surface area contributed by atoms with E-state index in [1.54, 1.807) is 0 Å². The van der Waals surface area contributed by atoms with Gasteiger partial charge in [-0.05, 0) is 150 Å². The van der Waals surface area contributed by atoms with Crippen LogP contribution in [0.1, 0.15) is 104 Å². The van der Waals surface area contributed by atoms with Crippen LogP contribution in [0, 0.1) is 0 Å². The number of hydrogen-bond donors (Lipinski definition) is 0. The van der Waals surface area contributed by atoms with Crippen LogP contribution in [0.3, 0.4) is 0 Å². The predicted molar refractivity (Wildman–Crippen MR) is 314 cm³/mol. The van der Waals surface area contributed by atoms with Gasteiger partial charge in [0.2, 0.25) is 0 Å². The molecule has 1 aliphatic carbocycles. The number of hydrogen-bond acceptors (Lipinski definition) is 3. The van der Waals surface area contributed by atoms with Gasteiger partial charge in [-0.2, -0.15) is 0 Å². The Balaban J connectivity index is 1.13. The molecule has 0 amide bonds. The van der Waals surface area contributed by atoms with Gasteiger partial charge in [0.15, 0.2) is 5.75 Å². The van der Waals surface area contributed by atoms with E-state index in [0.717, 1.165) is 34.2 Å². The second kappa shape index (κ2) is 15.2. The zero-order valence-corrected chi connectivity index (χ0v) is 44.6. The van der Waals surface area contributed by atoms with Gasteiger partial charge in [-0.3, -0.25) is 0 Å². The number of ether oxygens (including phenoxy) is 1. The lowest BCUT2D eigenvalue weighted by Gasteiger charge is -2.49. The van der Waals surface area contributed by atoms with Crippen LogP contribution in [0.5, 0.6) is 11.5 Å². The summed E-state index contributed by atoms with van der Waals surface area (Å²) in [5, 5.41) is 2.49. The van der Waals surface area contributed by atoms with Crippen molar-refractivity contribution in [1.29, 1.82) is 0 Å². The molecule has 362 valence electrons. The highest BCUT2D eigenvalue weighted by Crippen LogP contribution is 2.60. The quantitative estimate of drug-likeness (QED) is 0.165. The van der Waals surface area contributed by atoms with Gasteiger partial charge >= 0.3 is 6.85 Å². The second-order valence-corrected chi connectivity index (χ2v) is 25.0. The number of benzene rings is 9. The van der Waals surface area contributed by atoms with Crippen molar-refractivity contribution in [2.75, 3.05) is 9.71 Å². The molecule has 0 radical (unpaired) electrons. The van der Waals surface area contributed by atoms with Gasteiger partial charge in [-0.1, -0.05) is 179 Å². The van der Waals surface area contributed by atoms with Gasteiger partial charge in [0.25, 0.3) is 0 Å². The number of para-hydroxylation sites is 2. The molecule has 1 aromatic heterocycles. The topological polar surface area (TPSA) is 20.6 Å². The molecule has 74 heavy (non-hydrogen) atoms. The average Bonchev–Trinajstić information content (AvgIpc) is 3.85. The lowest BCUT2D eigenvalue weighted by Crippen LogP contribution is -2.62. The van der Waals surface area contributed by atoms with E-state index < -0.39 is 0 Å². The Hall–Kier alpha value is -7.76. The molecule has 0 saturated heterocycles. The number of fused-ring (bicyclic) bond motifs is 13. The second-order valence-electron chi connectivity index (χ2n) is 25.0. The maximum atomic E-state index is 7.31. The molecular formula is C69H62BN3O. The Kier molecular flexibility index (Phi) is 9.20. The molecule has 4 heterocycles. The fourth-order valence-electron chi connectivity index (χ4n) is 13.0. The van der Waals surface area contributed by atoms with Gasteiger partial charge in [0.05, 0.1) is 28.1 Å². The van der Waals surface area contributed by atoms with Crippen LogP contribution in [-0.2, 0) is 21.7 Å². The average molecular weight is 960 g/mol. The monoisotopic (exact) mass is 959 g/mol. The van der Waals surface area contributed by atoms with Crippen LogP contribution >= 0.6 is 0 Å². The lowest BCUT2D eigenvalue weighted by molar-refractivity contribution is 0.470. The maximum absolute atomic E-state index is 7.31. The molecule has 0 atom stereocenters. The Morgan fingerprint density at radius 1 is 0.446 bits per heavy atom. The van der Waals surface area contributed by atoms with E-state index in [0.29, 0.717) is 0 Å². The fourth-order valence-corrected chi connectivity index (χ4v) is 13.0. The van der Waals surface area contributed by atoms with Crippen LogP contribution in [0.25, 0.3) is 60.9 Å². The summed E-state index contributed by atoms with van der Waals surface area (Å²) < 4.78 is 9.75. The normalized spacial score (nSPS) is 14.8. The molecule has 5 heteroatoms. The molecule has 4 aliphatic rings. The molecular weight excluding hydrogens is 898 g/mol. The van der Waals surface area contributed by atoms with Crippen molar-refractivity contribution in [3.05, 3.63) is 204 Å². The van der Waals surface area contributed by atoms with Gasteiger partial charge in [-0.25, -0.2) is 0 Å². The van der Waals surface area contributed by atoms with Crippen molar-refractivity contribution in [1.82, 2.24) is 4.57 Å². The van der Waals surface area contributed by atoms with Crippen molar-refractivity contribution < 1.29 is 4.74 Å². The van der Waals surface area contributed by atoms with Crippen molar-refractivity contribution in [3.63, 3.8) is 0 Å². The van der Waals surface area contributed by atoms with Crippen molar-refractivity contribution in [2.45, 2.75) is 97.8 Å². The summed E-state index contributed by atoms with van der Waals surface area (Å²) in [7, 11) is 0. The molecule has 0 unspecified atom stereocenters. The van der Waals surface area contributed by atoms with E-state index in [4.69, 9.17) is 4.74 Å². The van der Waals surface area contributed by atoms with Crippen LogP contribution < -0.4 is 25.4 Å². The van der Waals surface area contributed by atoms with E-state index in [9.17, 15) is 0 Å². The first-order chi connectivity index (χ1) is 35.4. The third kappa shape index (κ3) is 6.35. The molecule has 4 nitrogen and oxygen atoms in total. The number of aromatic nitrogens is 1. The fraction of sp³-hybridized carbons (Fsp3) is 0.217. The first-order valence-corrected chi connectivity index (χ1v) is 26.6. The third-order valence-corrected chi connectivity index (χ3v) is 17.0. The van der Waals surface area contributed by atoms with E-state index in [1.807, 2.05) is 0 Å². The molecule has 9 aromatic carbocycles.